The molecule has 1 aromatic carbocycles. The van der Waals surface area contributed by atoms with Gasteiger partial charge in [0.15, 0.2) is 0 Å². The fraction of sp³-hybridized carbons (Fsp3) is 0.417. The minimum Gasteiger partial charge on any atom is -0.506 e. The minimum absolute atomic E-state index is 0.0107. The van der Waals surface area contributed by atoms with Crippen LogP contribution in [0.4, 0.5) is 0 Å². The molecule has 0 aliphatic heterocycles. The number of phenolic OH excluding ortho intramolecular Hbond substituents is 1. The van der Waals surface area contributed by atoms with Crippen molar-refractivity contribution in [1.82, 2.24) is 5.32 Å². The molecule has 0 radical (unpaired) electrons. The fourth-order valence-corrected chi connectivity index (χ4v) is 2.12. The van der Waals surface area contributed by atoms with Crippen molar-refractivity contribution in [2.24, 2.45) is 5.73 Å². The van der Waals surface area contributed by atoms with Gasteiger partial charge in [0.2, 0.25) is 5.91 Å². The molecular weight excluding hydrogens is 275 g/mol. The van der Waals surface area contributed by atoms with E-state index in [-0.39, 0.29) is 23.1 Å². The first kappa shape index (κ1) is 15.1. The van der Waals surface area contributed by atoms with Crippen molar-refractivity contribution in [2.75, 3.05) is 0 Å². The molecule has 0 aliphatic carbocycles. The number of amides is 1. The molecule has 0 aliphatic rings. The van der Waals surface area contributed by atoms with Crippen molar-refractivity contribution in [2.45, 2.75) is 32.4 Å². The topological polar surface area (TPSA) is 75.4 Å². The van der Waals surface area contributed by atoms with Crippen LogP contribution in [0.3, 0.4) is 0 Å². The maximum absolute atomic E-state index is 10.9. The van der Waals surface area contributed by atoms with Gasteiger partial charge in [-0.15, -0.1) is 0 Å². The van der Waals surface area contributed by atoms with Gasteiger partial charge in [0.25, 0.3) is 0 Å². The zero-order valence-corrected chi connectivity index (χ0v) is 11.8. The summed E-state index contributed by atoms with van der Waals surface area (Å²) in [7, 11) is 0. The highest BCUT2D eigenvalue weighted by molar-refractivity contribution is 6.35. The Hall–Kier alpha value is -0.970. The largest absolute Gasteiger partial charge is 0.506 e. The smallest absolute Gasteiger partial charge is 0.219 e. The van der Waals surface area contributed by atoms with Gasteiger partial charge < -0.3 is 16.2 Å². The van der Waals surface area contributed by atoms with Crippen LogP contribution in [-0.4, -0.2) is 16.6 Å². The molecule has 0 unspecified atom stereocenters. The molecule has 0 aromatic heterocycles. The molecule has 18 heavy (non-hydrogen) atoms. The van der Waals surface area contributed by atoms with Gasteiger partial charge in [-0.1, -0.05) is 23.2 Å². The van der Waals surface area contributed by atoms with Gasteiger partial charge in [0.1, 0.15) is 5.75 Å². The zero-order valence-electron chi connectivity index (χ0n) is 10.3. The van der Waals surface area contributed by atoms with E-state index in [2.05, 4.69) is 5.32 Å². The van der Waals surface area contributed by atoms with E-state index in [0.717, 1.165) is 0 Å². The third kappa shape index (κ3) is 4.37. The summed E-state index contributed by atoms with van der Waals surface area (Å²) in [5, 5.41) is 13.5. The van der Waals surface area contributed by atoms with Gasteiger partial charge in [0, 0.05) is 29.1 Å². The predicted octanol–water partition coefficient (Wildman–Crippen LogP) is 2.44. The summed E-state index contributed by atoms with van der Waals surface area (Å²) in [6, 6.07) is 3.09. The van der Waals surface area contributed by atoms with E-state index >= 15 is 0 Å². The molecule has 1 rings (SSSR count). The van der Waals surface area contributed by atoms with Gasteiger partial charge in [-0.3, -0.25) is 4.79 Å². The summed E-state index contributed by atoms with van der Waals surface area (Å²) in [6.45, 7) is 4.04. The number of phenols is 1. The molecule has 0 bridgehead atoms. The van der Waals surface area contributed by atoms with Crippen molar-refractivity contribution in [3.05, 3.63) is 27.7 Å². The highest BCUT2D eigenvalue weighted by Crippen LogP contribution is 2.31. The van der Waals surface area contributed by atoms with Crippen LogP contribution in [0, 0.1) is 0 Å². The van der Waals surface area contributed by atoms with Crippen molar-refractivity contribution in [3.63, 3.8) is 0 Å². The van der Waals surface area contributed by atoms with Crippen molar-refractivity contribution in [1.29, 1.82) is 0 Å². The predicted molar refractivity (Wildman–Crippen MR) is 72.9 cm³/mol. The lowest BCUT2D eigenvalue weighted by Crippen LogP contribution is -2.42. The normalized spacial score (nSPS) is 11.6. The van der Waals surface area contributed by atoms with Crippen LogP contribution in [0.2, 0.25) is 10.0 Å². The number of benzene rings is 1. The van der Waals surface area contributed by atoms with Crippen LogP contribution < -0.4 is 11.1 Å². The van der Waals surface area contributed by atoms with Crippen LogP contribution in [0.25, 0.3) is 0 Å². The highest BCUT2D eigenvalue weighted by Gasteiger charge is 2.20. The first-order chi connectivity index (χ1) is 8.21. The maximum Gasteiger partial charge on any atom is 0.219 e. The van der Waals surface area contributed by atoms with E-state index in [0.29, 0.717) is 17.1 Å². The third-order valence-electron chi connectivity index (χ3n) is 2.48. The van der Waals surface area contributed by atoms with E-state index in [1.807, 2.05) is 13.8 Å². The van der Waals surface area contributed by atoms with Crippen molar-refractivity contribution >= 4 is 29.1 Å². The summed E-state index contributed by atoms with van der Waals surface area (Å²) in [6.07, 6.45) is 0.196. The molecule has 0 fully saturated rings. The number of carbonyl (C=O) groups is 1. The van der Waals surface area contributed by atoms with Crippen LogP contribution in [0.1, 0.15) is 25.8 Å². The molecule has 4 nitrogen and oxygen atoms in total. The molecule has 0 atom stereocenters. The second-order valence-corrected chi connectivity index (χ2v) is 5.62. The average molecular weight is 291 g/mol. The number of aromatic hydroxyl groups is 1. The number of nitrogens with one attached hydrogen (secondary N) is 1. The summed E-state index contributed by atoms with van der Waals surface area (Å²) in [5.74, 6) is -0.399. The van der Waals surface area contributed by atoms with Crippen LogP contribution >= 0.6 is 23.2 Å². The Bertz CT molecular complexity index is 462. The summed E-state index contributed by atoms with van der Waals surface area (Å²) in [5.41, 5.74) is 5.26. The Kier molecular flexibility index (Phi) is 4.85. The van der Waals surface area contributed by atoms with Crippen LogP contribution in [-0.2, 0) is 11.3 Å². The quantitative estimate of drug-likeness (QED) is 0.780. The first-order valence-corrected chi connectivity index (χ1v) is 6.17. The van der Waals surface area contributed by atoms with Crippen LogP contribution in [0.15, 0.2) is 12.1 Å². The zero-order chi connectivity index (χ0) is 13.9. The van der Waals surface area contributed by atoms with E-state index in [9.17, 15) is 9.90 Å². The second-order valence-electron chi connectivity index (χ2n) is 4.78. The molecule has 1 amide bonds. The molecular formula is C12H16Cl2N2O2. The van der Waals surface area contributed by atoms with Gasteiger partial charge in [-0.2, -0.15) is 0 Å². The number of rotatable bonds is 5. The number of halogens is 2. The van der Waals surface area contributed by atoms with Crippen molar-refractivity contribution < 1.29 is 9.90 Å². The van der Waals surface area contributed by atoms with Gasteiger partial charge in [-0.05, 0) is 26.0 Å². The molecule has 0 spiro atoms. The lowest BCUT2D eigenvalue weighted by molar-refractivity contribution is -0.119. The number of carbonyl (C=O) groups excluding carboxylic acids is 1. The lowest BCUT2D eigenvalue weighted by Gasteiger charge is -2.25. The monoisotopic (exact) mass is 290 g/mol. The Morgan fingerprint density at radius 3 is 2.61 bits per heavy atom. The Balaban J connectivity index is 2.77. The van der Waals surface area contributed by atoms with Crippen molar-refractivity contribution in [3.8, 4) is 5.75 Å². The lowest BCUT2D eigenvalue weighted by atomic mass is 10.00. The Labute approximate surface area is 116 Å². The minimum atomic E-state index is -0.465. The van der Waals surface area contributed by atoms with E-state index in [1.54, 1.807) is 6.07 Å². The molecule has 1 aromatic rings. The van der Waals surface area contributed by atoms with Gasteiger partial charge in [-0.25, -0.2) is 0 Å². The number of primary amides is 1. The summed E-state index contributed by atoms with van der Waals surface area (Å²) >= 11 is 11.7. The highest BCUT2D eigenvalue weighted by atomic mass is 35.5. The molecule has 6 heteroatoms. The second kappa shape index (κ2) is 5.78. The van der Waals surface area contributed by atoms with Gasteiger partial charge in [0.05, 0.1) is 5.02 Å². The first-order valence-electron chi connectivity index (χ1n) is 5.41. The SMILES string of the molecule is CC(C)(CC(N)=O)NCc1cc(Cl)cc(Cl)c1O. The molecule has 0 heterocycles. The van der Waals surface area contributed by atoms with E-state index < -0.39 is 5.54 Å². The van der Waals surface area contributed by atoms with Gasteiger partial charge >= 0.3 is 0 Å². The standard InChI is InChI=1S/C12H16Cl2N2O2/c1-12(2,5-10(15)17)16-6-7-3-8(13)4-9(14)11(7)18/h3-4,16,18H,5-6H2,1-2H3,(H2,15,17). The average Bonchev–Trinajstić information content (AvgIpc) is 2.19. The Morgan fingerprint density at radius 2 is 2.06 bits per heavy atom. The maximum atomic E-state index is 10.9. The Morgan fingerprint density at radius 1 is 1.44 bits per heavy atom. The molecule has 100 valence electrons. The fourth-order valence-electron chi connectivity index (χ4n) is 1.59. The van der Waals surface area contributed by atoms with Crippen LogP contribution in [0.5, 0.6) is 5.75 Å². The molecule has 4 N–H and O–H groups in total. The molecule has 0 saturated heterocycles. The number of nitrogens with two attached hydrogens (primary N) is 1. The van der Waals surface area contributed by atoms with E-state index in [4.69, 9.17) is 28.9 Å². The van der Waals surface area contributed by atoms with E-state index in [1.165, 1.54) is 6.07 Å². The summed E-state index contributed by atoms with van der Waals surface area (Å²) in [4.78, 5) is 10.9. The summed E-state index contributed by atoms with van der Waals surface area (Å²) < 4.78 is 0. The molecule has 0 saturated carbocycles. The number of hydrogen-bond donors (Lipinski definition) is 3. The third-order valence-corrected chi connectivity index (χ3v) is 2.99. The number of hydrogen-bond acceptors (Lipinski definition) is 3.